The summed E-state index contributed by atoms with van der Waals surface area (Å²) in [7, 11) is 0. The smallest absolute Gasteiger partial charge is 0.408 e. The Morgan fingerprint density at radius 1 is 1.47 bits per heavy atom. The molecule has 5 nitrogen and oxygen atoms in total. The summed E-state index contributed by atoms with van der Waals surface area (Å²) in [4.78, 5) is 12.4. The van der Waals surface area contributed by atoms with Gasteiger partial charge in [0.15, 0.2) is 0 Å². The zero-order valence-electron chi connectivity index (χ0n) is 11.1. The number of halogens is 1. The van der Waals surface area contributed by atoms with Gasteiger partial charge < -0.3 is 10.3 Å². The van der Waals surface area contributed by atoms with Gasteiger partial charge in [-0.1, -0.05) is 11.2 Å². The number of amides is 1. The SMILES string of the molecule is CC(C)(C)N(Cc1cc(/C=N\O)ccc1F)C(=O)O. The molecule has 104 valence electrons. The molecule has 6 heteroatoms. The lowest BCUT2D eigenvalue weighted by atomic mass is 10.0. The van der Waals surface area contributed by atoms with Crippen LogP contribution in [0, 0.1) is 5.82 Å². The number of oxime groups is 1. The molecule has 0 bridgehead atoms. The summed E-state index contributed by atoms with van der Waals surface area (Å²) < 4.78 is 13.7. The Morgan fingerprint density at radius 3 is 2.58 bits per heavy atom. The van der Waals surface area contributed by atoms with E-state index in [4.69, 9.17) is 5.21 Å². The summed E-state index contributed by atoms with van der Waals surface area (Å²) in [5.74, 6) is -0.495. The summed E-state index contributed by atoms with van der Waals surface area (Å²) in [6.45, 7) is 5.13. The van der Waals surface area contributed by atoms with Gasteiger partial charge in [-0.2, -0.15) is 0 Å². The molecule has 19 heavy (non-hydrogen) atoms. The third-order valence-corrected chi connectivity index (χ3v) is 2.65. The van der Waals surface area contributed by atoms with Gasteiger partial charge in [-0.3, -0.25) is 4.90 Å². The van der Waals surface area contributed by atoms with Crippen molar-refractivity contribution in [2.75, 3.05) is 0 Å². The minimum absolute atomic E-state index is 0.0717. The number of rotatable bonds is 3. The van der Waals surface area contributed by atoms with Crippen LogP contribution >= 0.6 is 0 Å². The van der Waals surface area contributed by atoms with E-state index in [0.717, 1.165) is 11.1 Å². The molecule has 0 spiro atoms. The molecular weight excluding hydrogens is 251 g/mol. The molecule has 0 fully saturated rings. The molecule has 0 aliphatic heterocycles. The van der Waals surface area contributed by atoms with Crippen molar-refractivity contribution in [2.45, 2.75) is 32.9 Å². The Hall–Kier alpha value is -2.11. The highest BCUT2D eigenvalue weighted by molar-refractivity contribution is 5.79. The molecule has 0 atom stereocenters. The minimum Gasteiger partial charge on any atom is -0.465 e. The summed E-state index contributed by atoms with van der Waals surface area (Å²) >= 11 is 0. The molecule has 1 aromatic carbocycles. The molecule has 0 heterocycles. The number of nitrogens with zero attached hydrogens (tertiary/aromatic N) is 2. The van der Waals surface area contributed by atoms with Gasteiger partial charge in [0.25, 0.3) is 0 Å². The Bertz CT molecular complexity index is 495. The average Bonchev–Trinajstić information content (AvgIpc) is 2.28. The van der Waals surface area contributed by atoms with Crippen molar-refractivity contribution in [2.24, 2.45) is 5.16 Å². The van der Waals surface area contributed by atoms with Crippen molar-refractivity contribution in [3.63, 3.8) is 0 Å². The second kappa shape index (κ2) is 5.69. The quantitative estimate of drug-likeness (QED) is 0.503. The number of carbonyl (C=O) groups is 1. The monoisotopic (exact) mass is 268 g/mol. The van der Waals surface area contributed by atoms with Crippen LogP contribution in [0.4, 0.5) is 9.18 Å². The number of hydrogen-bond donors (Lipinski definition) is 2. The highest BCUT2D eigenvalue weighted by Crippen LogP contribution is 2.19. The minimum atomic E-state index is -1.12. The van der Waals surface area contributed by atoms with E-state index in [1.54, 1.807) is 20.8 Å². The number of benzene rings is 1. The first-order valence-corrected chi connectivity index (χ1v) is 5.72. The van der Waals surface area contributed by atoms with Crippen LogP contribution in [0.15, 0.2) is 23.4 Å². The highest BCUT2D eigenvalue weighted by Gasteiger charge is 2.26. The van der Waals surface area contributed by atoms with Crippen LogP contribution in [0.25, 0.3) is 0 Å². The number of carboxylic acid groups (broad SMARTS) is 1. The summed E-state index contributed by atoms with van der Waals surface area (Å²) in [5.41, 5.74) is 0.0900. The van der Waals surface area contributed by atoms with Crippen molar-refractivity contribution in [3.8, 4) is 0 Å². The maximum Gasteiger partial charge on any atom is 0.408 e. The standard InChI is InChI=1S/C13H17FN2O3/c1-13(2,3)16(12(17)18)8-10-6-9(7-15-19)4-5-11(10)14/h4-7,19H,8H2,1-3H3,(H,17,18)/b15-7-. The third-order valence-electron chi connectivity index (χ3n) is 2.65. The van der Waals surface area contributed by atoms with E-state index in [1.807, 2.05) is 0 Å². The van der Waals surface area contributed by atoms with Crippen LogP contribution < -0.4 is 0 Å². The molecule has 0 radical (unpaired) electrons. The topological polar surface area (TPSA) is 73.1 Å². The first kappa shape index (κ1) is 14.9. The van der Waals surface area contributed by atoms with Gasteiger partial charge in [0.05, 0.1) is 12.8 Å². The Balaban J connectivity index is 3.09. The van der Waals surface area contributed by atoms with E-state index in [-0.39, 0.29) is 12.1 Å². The molecule has 0 aliphatic carbocycles. The lowest BCUT2D eigenvalue weighted by Gasteiger charge is -2.33. The van der Waals surface area contributed by atoms with Crippen LogP contribution in [0.2, 0.25) is 0 Å². The fraction of sp³-hybridized carbons (Fsp3) is 0.385. The van der Waals surface area contributed by atoms with Crippen LogP contribution in [-0.4, -0.2) is 33.1 Å². The van der Waals surface area contributed by atoms with Gasteiger partial charge in [-0.25, -0.2) is 9.18 Å². The molecule has 0 aromatic heterocycles. The normalized spacial score (nSPS) is 11.8. The van der Waals surface area contributed by atoms with Crippen LogP contribution in [0.5, 0.6) is 0 Å². The zero-order chi connectivity index (χ0) is 14.6. The maximum atomic E-state index is 13.7. The van der Waals surface area contributed by atoms with Crippen molar-refractivity contribution in [1.29, 1.82) is 0 Å². The van der Waals surface area contributed by atoms with Crippen LogP contribution in [-0.2, 0) is 6.54 Å². The second-order valence-corrected chi connectivity index (χ2v) is 5.13. The van der Waals surface area contributed by atoms with Crippen LogP contribution in [0.1, 0.15) is 31.9 Å². The summed E-state index contributed by atoms with van der Waals surface area (Å²) in [6, 6.07) is 4.12. The molecule has 0 unspecified atom stereocenters. The van der Waals surface area contributed by atoms with Crippen molar-refractivity contribution >= 4 is 12.3 Å². The van der Waals surface area contributed by atoms with E-state index < -0.39 is 17.4 Å². The van der Waals surface area contributed by atoms with E-state index in [2.05, 4.69) is 5.16 Å². The number of hydrogen-bond acceptors (Lipinski definition) is 3. The van der Waals surface area contributed by atoms with Crippen molar-refractivity contribution in [1.82, 2.24) is 4.90 Å². The van der Waals surface area contributed by atoms with Gasteiger partial charge in [-0.15, -0.1) is 0 Å². The van der Waals surface area contributed by atoms with Gasteiger partial charge in [0.1, 0.15) is 5.82 Å². The third kappa shape index (κ3) is 3.94. The fourth-order valence-electron chi connectivity index (χ4n) is 1.62. The van der Waals surface area contributed by atoms with Gasteiger partial charge in [0, 0.05) is 11.1 Å². The van der Waals surface area contributed by atoms with E-state index in [1.165, 1.54) is 18.2 Å². The average molecular weight is 268 g/mol. The zero-order valence-corrected chi connectivity index (χ0v) is 11.1. The summed E-state index contributed by atoms with van der Waals surface area (Å²) in [5, 5.41) is 20.5. The predicted molar refractivity (Wildman–Crippen MR) is 69.1 cm³/mol. The highest BCUT2D eigenvalue weighted by atomic mass is 19.1. The fourth-order valence-corrected chi connectivity index (χ4v) is 1.62. The van der Waals surface area contributed by atoms with Crippen LogP contribution in [0.3, 0.4) is 0 Å². The Kier molecular flexibility index (Phi) is 4.47. The first-order chi connectivity index (χ1) is 8.75. The largest absolute Gasteiger partial charge is 0.465 e. The van der Waals surface area contributed by atoms with Gasteiger partial charge in [0.2, 0.25) is 0 Å². The molecule has 0 saturated carbocycles. The van der Waals surface area contributed by atoms with E-state index in [0.29, 0.717) is 5.56 Å². The molecule has 1 amide bonds. The predicted octanol–water partition coefficient (Wildman–Crippen LogP) is 2.91. The lowest BCUT2D eigenvalue weighted by molar-refractivity contribution is 0.0948. The molecule has 1 aromatic rings. The molecule has 0 aliphatic rings. The molecule has 0 saturated heterocycles. The second-order valence-electron chi connectivity index (χ2n) is 5.13. The molecule has 2 N–H and O–H groups in total. The lowest BCUT2D eigenvalue weighted by Crippen LogP contribution is -2.44. The first-order valence-electron chi connectivity index (χ1n) is 5.72. The van der Waals surface area contributed by atoms with Gasteiger partial charge >= 0.3 is 6.09 Å². The maximum absolute atomic E-state index is 13.7. The Morgan fingerprint density at radius 2 is 2.11 bits per heavy atom. The Labute approximate surface area is 111 Å². The van der Waals surface area contributed by atoms with Gasteiger partial charge in [-0.05, 0) is 38.5 Å². The van der Waals surface area contributed by atoms with Crippen molar-refractivity contribution < 1.29 is 19.5 Å². The summed E-state index contributed by atoms with van der Waals surface area (Å²) in [6.07, 6.45) is 0.0404. The molecular formula is C13H17FN2O3. The molecule has 1 rings (SSSR count). The van der Waals surface area contributed by atoms with E-state index >= 15 is 0 Å². The van der Waals surface area contributed by atoms with Crippen molar-refractivity contribution in [3.05, 3.63) is 35.1 Å². The van der Waals surface area contributed by atoms with E-state index in [9.17, 15) is 14.3 Å².